The van der Waals surface area contributed by atoms with Gasteiger partial charge in [0, 0.05) is 26.2 Å². The highest BCUT2D eigenvalue weighted by Crippen LogP contribution is 2.13. The lowest BCUT2D eigenvalue weighted by molar-refractivity contribution is 0.0918. The molecule has 0 radical (unpaired) electrons. The molecule has 5 heteroatoms. The highest BCUT2D eigenvalue weighted by atomic mass is 16.6. The van der Waals surface area contributed by atoms with E-state index in [4.69, 9.17) is 9.47 Å². The Morgan fingerprint density at radius 2 is 1.95 bits per heavy atom. The Morgan fingerprint density at radius 3 is 2.58 bits per heavy atom. The summed E-state index contributed by atoms with van der Waals surface area (Å²) in [6, 6.07) is 7.60. The second-order valence-corrected chi connectivity index (χ2v) is 4.37. The van der Waals surface area contributed by atoms with Crippen molar-refractivity contribution >= 4 is 6.09 Å². The molecule has 1 amide bonds. The van der Waals surface area contributed by atoms with Crippen LogP contribution in [0.15, 0.2) is 24.3 Å². The lowest BCUT2D eigenvalue weighted by atomic mass is 10.2. The van der Waals surface area contributed by atoms with Crippen molar-refractivity contribution in [3.8, 4) is 5.75 Å². The van der Waals surface area contributed by atoms with Crippen molar-refractivity contribution in [3.63, 3.8) is 0 Å². The number of carbonyl (C=O) groups excluding carboxylic acids is 1. The molecule has 0 unspecified atom stereocenters. The molecular weight excluding hydrogens is 244 g/mol. The maximum atomic E-state index is 11.8. The van der Waals surface area contributed by atoms with Gasteiger partial charge in [-0.15, -0.1) is 0 Å². The average Bonchev–Trinajstić information content (AvgIpc) is 2.47. The first-order valence-corrected chi connectivity index (χ1v) is 6.63. The smallest absolute Gasteiger partial charge is 0.410 e. The molecular formula is C14H20N2O3. The molecule has 1 heterocycles. The van der Waals surface area contributed by atoms with Gasteiger partial charge in [0.15, 0.2) is 0 Å². The number of amides is 1. The zero-order chi connectivity index (χ0) is 13.5. The number of ether oxygens (including phenoxy) is 2. The Labute approximate surface area is 113 Å². The zero-order valence-electron chi connectivity index (χ0n) is 11.2. The fraction of sp³-hybridized carbons (Fsp3) is 0.500. The number of hydrogen-bond donors (Lipinski definition) is 1. The molecule has 104 valence electrons. The lowest BCUT2D eigenvalue weighted by Crippen LogP contribution is -2.46. The normalized spacial score (nSPS) is 15.1. The molecule has 19 heavy (non-hydrogen) atoms. The summed E-state index contributed by atoms with van der Waals surface area (Å²) >= 11 is 0. The molecule has 0 saturated carbocycles. The Hall–Kier alpha value is -1.75. The van der Waals surface area contributed by atoms with Crippen LogP contribution in [0.25, 0.3) is 0 Å². The van der Waals surface area contributed by atoms with E-state index in [2.05, 4.69) is 5.32 Å². The first-order valence-electron chi connectivity index (χ1n) is 6.63. The second-order valence-electron chi connectivity index (χ2n) is 4.37. The van der Waals surface area contributed by atoms with Crippen molar-refractivity contribution in [1.82, 2.24) is 10.2 Å². The van der Waals surface area contributed by atoms with E-state index in [9.17, 15) is 4.79 Å². The number of rotatable bonds is 4. The summed E-state index contributed by atoms with van der Waals surface area (Å²) in [6.07, 6.45) is -0.240. The van der Waals surface area contributed by atoms with Crippen LogP contribution in [-0.4, -0.2) is 43.8 Å². The van der Waals surface area contributed by atoms with Crippen LogP contribution < -0.4 is 10.1 Å². The van der Waals surface area contributed by atoms with E-state index in [0.29, 0.717) is 26.3 Å². The van der Waals surface area contributed by atoms with Crippen LogP contribution in [0.5, 0.6) is 5.75 Å². The van der Waals surface area contributed by atoms with Crippen molar-refractivity contribution in [2.45, 2.75) is 13.5 Å². The molecule has 0 aliphatic carbocycles. The van der Waals surface area contributed by atoms with E-state index in [-0.39, 0.29) is 6.09 Å². The summed E-state index contributed by atoms with van der Waals surface area (Å²) in [6.45, 7) is 5.98. The van der Waals surface area contributed by atoms with Crippen molar-refractivity contribution in [3.05, 3.63) is 29.8 Å². The third kappa shape index (κ3) is 4.13. The molecule has 0 atom stereocenters. The second kappa shape index (κ2) is 6.99. The van der Waals surface area contributed by atoms with Gasteiger partial charge >= 0.3 is 6.09 Å². The number of nitrogens with one attached hydrogen (secondary N) is 1. The lowest BCUT2D eigenvalue weighted by Gasteiger charge is -2.26. The van der Waals surface area contributed by atoms with Crippen LogP contribution in [0.1, 0.15) is 12.5 Å². The molecule has 0 aromatic heterocycles. The van der Waals surface area contributed by atoms with Gasteiger partial charge in [-0.1, -0.05) is 12.1 Å². The molecule has 1 aromatic carbocycles. The molecule has 0 bridgehead atoms. The molecule has 2 rings (SSSR count). The van der Waals surface area contributed by atoms with Gasteiger partial charge in [0.1, 0.15) is 12.4 Å². The predicted molar refractivity (Wildman–Crippen MR) is 72.2 cm³/mol. The first-order chi connectivity index (χ1) is 9.29. The molecule has 5 nitrogen and oxygen atoms in total. The van der Waals surface area contributed by atoms with Crippen LogP contribution in [0.3, 0.4) is 0 Å². The largest absolute Gasteiger partial charge is 0.494 e. The summed E-state index contributed by atoms with van der Waals surface area (Å²) in [4.78, 5) is 13.5. The minimum absolute atomic E-state index is 0.240. The molecule has 1 aromatic rings. The van der Waals surface area contributed by atoms with Crippen molar-refractivity contribution in [1.29, 1.82) is 0 Å². The fourth-order valence-electron chi connectivity index (χ4n) is 1.93. The molecule has 1 aliphatic rings. The summed E-state index contributed by atoms with van der Waals surface area (Å²) in [5, 5.41) is 3.20. The van der Waals surface area contributed by atoms with Gasteiger partial charge in [-0.25, -0.2) is 4.79 Å². The molecule has 1 fully saturated rings. The highest BCUT2D eigenvalue weighted by Gasteiger charge is 2.17. The fourth-order valence-corrected chi connectivity index (χ4v) is 1.93. The number of hydrogen-bond acceptors (Lipinski definition) is 4. The predicted octanol–water partition coefficient (Wildman–Crippen LogP) is 1.63. The van der Waals surface area contributed by atoms with Crippen LogP contribution in [0, 0.1) is 0 Å². The number of carbonyl (C=O) groups is 1. The first kappa shape index (κ1) is 13.7. The Morgan fingerprint density at radius 1 is 1.26 bits per heavy atom. The summed E-state index contributed by atoms with van der Waals surface area (Å²) in [5.74, 6) is 0.833. The Balaban J connectivity index is 1.79. The van der Waals surface area contributed by atoms with Crippen molar-refractivity contribution in [2.24, 2.45) is 0 Å². The summed E-state index contributed by atoms with van der Waals surface area (Å²) < 4.78 is 10.6. The number of nitrogens with zero attached hydrogens (tertiary/aromatic N) is 1. The Kier molecular flexibility index (Phi) is 5.03. The van der Waals surface area contributed by atoms with Crippen LogP contribution >= 0.6 is 0 Å². The molecule has 0 spiro atoms. The van der Waals surface area contributed by atoms with Crippen LogP contribution in [-0.2, 0) is 11.3 Å². The average molecular weight is 264 g/mol. The van der Waals surface area contributed by atoms with E-state index in [0.717, 1.165) is 24.4 Å². The standard InChI is InChI=1S/C14H20N2O3/c1-2-18-13-5-3-12(4-6-13)11-19-14(17)16-9-7-15-8-10-16/h3-6,15H,2,7-11H2,1H3. The number of benzene rings is 1. The monoisotopic (exact) mass is 264 g/mol. The van der Waals surface area contributed by atoms with Crippen LogP contribution in [0.2, 0.25) is 0 Å². The van der Waals surface area contributed by atoms with Gasteiger partial charge in [-0.3, -0.25) is 0 Å². The molecule has 1 saturated heterocycles. The van der Waals surface area contributed by atoms with E-state index < -0.39 is 0 Å². The van der Waals surface area contributed by atoms with E-state index in [1.165, 1.54) is 0 Å². The van der Waals surface area contributed by atoms with E-state index in [1.807, 2.05) is 31.2 Å². The maximum Gasteiger partial charge on any atom is 0.410 e. The van der Waals surface area contributed by atoms with Gasteiger partial charge in [0.05, 0.1) is 6.61 Å². The number of piperazine rings is 1. The van der Waals surface area contributed by atoms with Gasteiger partial charge in [0.25, 0.3) is 0 Å². The van der Waals surface area contributed by atoms with E-state index >= 15 is 0 Å². The van der Waals surface area contributed by atoms with Gasteiger partial charge in [0.2, 0.25) is 0 Å². The molecule has 1 aliphatic heterocycles. The van der Waals surface area contributed by atoms with Crippen molar-refractivity contribution in [2.75, 3.05) is 32.8 Å². The van der Waals surface area contributed by atoms with Gasteiger partial charge in [-0.2, -0.15) is 0 Å². The topological polar surface area (TPSA) is 50.8 Å². The molecule has 1 N–H and O–H groups in total. The van der Waals surface area contributed by atoms with E-state index in [1.54, 1.807) is 4.90 Å². The quantitative estimate of drug-likeness (QED) is 0.898. The van der Waals surface area contributed by atoms with Crippen LogP contribution in [0.4, 0.5) is 4.79 Å². The zero-order valence-corrected chi connectivity index (χ0v) is 11.2. The third-order valence-corrected chi connectivity index (χ3v) is 2.97. The van der Waals surface area contributed by atoms with Gasteiger partial charge in [-0.05, 0) is 24.6 Å². The third-order valence-electron chi connectivity index (χ3n) is 2.97. The minimum Gasteiger partial charge on any atom is -0.494 e. The maximum absolute atomic E-state index is 11.8. The summed E-state index contributed by atoms with van der Waals surface area (Å²) in [5.41, 5.74) is 0.965. The SMILES string of the molecule is CCOc1ccc(COC(=O)N2CCNCC2)cc1. The minimum atomic E-state index is -0.240. The van der Waals surface area contributed by atoms with Gasteiger partial charge < -0.3 is 19.7 Å². The highest BCUT2D eigenvalue weighted by molar-refractivity contribution is 5.67. The summed E-state index contributed by atoms with van der Waals surface area (Å²) in [7, 11) is 0. The Bertz CT molecular complexity index is 400. The van der Waals surface area contributed by atoms with Crippen molar-refractivity contribution < 1.29 is 14.3 Å².